The first-order chi connectivity index (χ1) is 11.9. The van der Waals surface area contributed by atoms with Crippen molar-refractivity contribution in [1.82, 2.24) is 20.8 Å². The summed E-state index contributed by atoms with van der Waals surface area (Å²) in [6.07, 6.45) is 2.85. The third-order valence-electron chi connectivity index (χ3n) is 4.19. The predicted octanol–water partition coefficient (Wildman–Crippen LogP) is 2.81. The van der Waals surface area contributed by atoms with Gasteiger partial charge in [-0.2, -0.15) is 4.98 Å². The monoisotopic (exact) mass is 342 g/mol. The summed E-state index contributed by atoms with van der Waals surface area (Å²) in [5.41, 5.74) is 1.59. The fourth-order valence-electron chi connectivity index (χ4n) is 2.91. The summed E-state index contributed by atoms with van der Waals surface area (Å²) < 4.78 is 5.33. The molecule has 1 aliphatic rings. The van der Waals surface area contributed by atoms with Crippen molar-refractivity contribution in [2.24, 2.45) is 5.41 Å². The summed E-state index contributed by atoms with van der Waals surface area (Å²) in [5.74, 6) is 1.15. The third kappa shape index (κ3) is 4.89. The average Bonchev–Trinajstić information content (AvgIpc) is 3.02. The van der Waals surface area contributed by atoms with E-state index < -0.39 is 0 Å². The first kappa shape index (κ1) is 17.6. The van der Waals surface area contributed by atoms with Gasteiger partial charge in [0.25, 0.3) is 5.91 Å². The molecule has 0 unspecified atom stereocenters. The van der Waals surface area contributed by atoms with Crippen LogP contribution in [0.4, 0.5) is 0 Å². The minimum absolute atomic E-state index is 0.0400. The quantitative estimate of drug-likeness (QED) is 0.893. The van der Waals surface area contributed by atoms with Crippen molar-refractivity contribution >= 4 is 5.91 Å². The lowest BCUT2D eigenvalue weighted by molar-refractivity contribution is 0.0930. The Morgan fingerprint density at radius 3 is 2.72 bits per heavy atom. The van der Waals surface area contributed by atoms with E-state index in [2.05, 4.69) is 41.5 Å². The van der Waals surface area contributed by atoms with E-state index in [0.29, 0.717) is 17.3 Å². The van der Waals surface area contributed by atoms with E-state index in [1.54, 1.807) is 12.1 Å². The zero-order valence-electron chi connectivity index (χ0n) is 15.1. The van der Waals surface area contributed by atoms with Crippen LogP contribution >= 0.6 is 0 Å². The number of benzene rings is 1. The minimum atomic E-state index is -0.0400. The normalized spacial score (nSPS) is 18.1. The van der Waals surface area contributed by atoms with Crippen LogP contribution in [-0.2, 0) is 6.42 Å². The molecule has 1 aliphatic heterocycles. The topological polar surface area (TPSA) is 80.0 Å². The van der Waals surface area contributed by atoms with Gasteiger partial charge in [0.05, 0.1) is 0 Å². The molecule has 0 radical (unpaired) electrons. The smallest absolute Gasteiger partial charge is 0.251 e. The highest BCUT2D eigenvalue weighted by Crippen LogP contribution is 2.22. The Labute approximate surface area is 148 Å². The molecule has 0 spiro atoms. The maximum atomic E-state index is 12.3. The number of aromatic nitrogens is 2. The van der Waals surface area contributed by atoms with Crippen molar-refractivity contribution in [2.45, 2.75) is 46.1 Å². The molecule has 6 heteroatoms. The lowest BCUT2D eigenvalue weighted by Crippen LogP contribution is -2.45. The highest BCUT2D eigenvalue weighted by Gasteiger charge is 2.18. The van der Waals surface area contributed by atoms with Crippen LogP contribution < -0.4 is 10.6 Å². The number of hydrogen-bond donors (Lipinski definition) is 2. The molecule has 2 heterocycles. The summed E-state index contributed by atoms with van der Waals surface area (Å²) >= 11 is 0. The van der Waals surface area contributed by atoms with Gasteiger partial charge in [-0.15, -0.1) is 0 Å². The van der Waals surface area contributed by atoms with Crippen molar-refractivity contribution in [1.29, 1.82) is 0 Å². The summed E-state index contributed by atoms with van der Waals surface area (Å²) in [7, 11) is 0. The van der Waals surface area contributed by atoms with Crippen molar-refractivity contribution in [3.63, 3.8) is 0 Å². The van der Waals surface area contributed by atoms with Crippen LogP contribution in [0.15, 0.2) is 28.8 Å². The van der Waals surface area contributed by atoms with Crippen molar-refractivity contribution < 1.29 is 9.32 Å². The van der Waals surface area contributed by atoms with E-state index in [9.17, 15) is 4.79 Å². The van der Waals surface area contributed by atoms with E-state index >= 15 is 0 Å². The molecule has 25 heavy (non-hydrogen) atoms. The third-order valence-corrected chi connectivity index (χ3v) is 4.19. The predicted molar refractivity (Wildman–Crippen MR) is 96.3 cm³/mol. The molecule has 1 atom stereocenters. The zero-order valence-corrected chi connectivity index (χ0v) is 15.1. The van der Waals surface area contributed by atoms with Crippen molar-refractivity contribution in [2.75, 3.05) is 13.1 Å². The molecule has 1 fully saturated rings. The van der Waals surface area contributed by atoms with Gasteiger partial charge < -0.3 is 15.2 Å². The molecule has 1 saturated heterocycles. The van der Waals surface area contributed by atoms with E-state index in [-0.39, 0.29) is 17.4 Å². The molecule has 1 aromatic heterocycles. The van der Waals surface area contributed by atoms with E-state index in [1.807, 2.05) is 12.1 Å². The molecule has 2 N–H and O–H groups in total. The van der Waals surface area contributed by atoms with E-state index in [0.717, 1.165) is 37.9 Å². The number of piperidine rings is 1. The second-order valence-electron chi connectivity index (χ2n) is 7.84. The zero-order chi connectivity index (χ0) is 17.9. The molecule has 0 saturated carbocycles. The second kappa shape index (κ2) is 7.35. The van der Waals surface area contributed by atoms with Gasteiger partial charge in [-0.25, -0.2) is 0 Å². The Morgan fingerprint density at radius 2 is 2.08 bits per heavy atom. The molecule has 0 bridgehead atoms. The summed E-state index contributed by atoms with van der Waals surface area (Å²) in [6.45, 7) is 8.26. The Hall–Kier alpha value is -2.21. The molecule has 1 amide bonds. The van der Waals surface area contributed by atoms with Crippen molar-refractivity contribution in [3.8, 4) is 11.4 Å². The highest BCUT2D eigenvalue weighted by molar-refractivity contribution is 5.94. The van der Waals surface area contributed by atoms with Gasteiger partial charge in [-0.3, -0.25) is 4.79 Å². The molecular weight excluding hydrogens is 316 g/mol. The van der Waals surface area contributed by atoms with Crippen LogP contribution in [0.25, 0.3) is 11.4 Å². The first-order valence-corrected chi connectivity index (χ1v) is 8.85. The molecule has 2 aromatic rings. The van der Waals surface area contributed by atoms with Crippen LogP contribution in [0.2, 0.25) is 0 Å². The summed E-state index contributed by atoms with van der Waals surface area (Å²) in [6, 6.07) is 7.54. The van der Waals surface area contributed by atoms with Crippen LogP contribution in [0.3, 0.4) is 0 Å². The van der Waals surface area contributed by atoms with Crippen LogP contribution in [-0.4, -0.2) is 35.2 Å². The number of carbonyl (C=O) groups is 1. The number of nitrogens with one attached hydrogen (secondary N) is 2. The molecular formula is C19H26N4O2. The Bertz CT molecular complexity index is 710. The van der Waals surface area contributed by atoms with Gasteiger partial charge in [0.1, 0.15) is 0 Å². The van der Waals surface area contributed by atoms with Crippen LogP contribution in [0.5, 0.6) is 0 Å². The lowest BCUT2D eigenvalue weighted by atomic mass is 9.92. The standard InChI is InChI=1S/C19H26N4O2/c1-19(2,3)11-16-22-17(23-25-16)13-6-8-14(9-7-13)18(24)21-15-5-4-10-20-12-15/h6-9,15,20H,4-5,10-12H2,1-3H3,(H,21,24)/t15-/m0/s1. The number of nitrogens with zero attached hydrogens (tertiary/aromatic N) is 2. The van der Waals surface area contributed by atoms with Crippen LogP contribution in [0, 0.1) is 5.41 Å². The van der Waals surface area contributed by atoms with Gasteiger partial charge in [-0.1, -0.05) is 38.1 Å². The maximum Gasteiger partial charge on any atom is 0.251 e. The second-order valence-corrected chi connectivity index (χ2v) is 7.84. The van der Waals surface area contributed by atoms with E-state index in [4.69, 9.17) is 4.52 Å². The molecule has 6 nitrogen and oxygen atoms in total. The van der Waals surface area contributed by atoms with Gasteiger partial charge in [-0.05, 0) is 36.9 Å². The Balaban J connectivity index is 1.64. The number of amides is 1. The molecule has 1 aromatic carbocycles. The molecule has 3 rings (SSSR count). The van der Waals surface area contributed by atoms with Gasteiger partial charge in [0.2, 0.25) is 11.7 Å². The van der Waals surface area contributed by atoms with Gasteiger partial charge in [0.15, 0.2) is 0 Å². The largest absolute Gasteiger partial charge is 0.348 e. The number of rotatable bonds is 4. The SMILES string of the molecule is CC(C)(C)Cc1nc(-c2ccc(C(=O)N[C@H]3CCCNC3)cc2)no1. The maximum absolute atomic E-state index is 12.3. The molecule has 134 valence electrons. The number of hydrogen-bond acceptors (Lipinski definition) is 5. The Morgan fingerprint density at radius 1 is 1.32 bits per heavy atom. The van der Waals surface area contributed by atoms with Crippen molar-refractivity contribution in [3.05, 3.63) is 35.7 Å². The highest BCUT2D eigenvalue weighted by atomic mass is 16.5. The average molecular weight is 342 g/mol. The first-order valence-electron chi connectivity index (χ1n) is 8.85. The fraction of sp³-hybridized carbons (Fsp3) is 0.526. The van der Waals surface area contributed by atoms with Gasteiger partial charge in [0, 0.05) is 30.1 Å². The summed E-state index contributed by atoms with van der Waals surface area (Å²) in [5, 5.41) is 10.4. The van der Waals surface area contributed by atoms with Gasteiger partial charge >= 0.3 is 0 Å². The van der Waals surface area contributed by atoms with Crippen LogP contribution in [0.1, 0.15) is 49.9 Å². The molecule has 0 aliphatic carbocycles. The number of carbonyl (C=O) groups excluding carboxylic acids is 1. The fourth-order valence-corrected chi connectivity index (χ4v) is 2.91. The summed E-state index contributed by atoms with van der Waals surface area (Å²) in [4.78, 5) is 16.8. The van der Waals surface area contributed by atoms with E-state index in [1.165, 1.54) is 0 Å². The minimum Gasteiger partial charge on any atom is -0.348 e. The lowest BCUT2D eigenvalue weighted by Gasteiger charge is -2.23. The Kier molecular flexibility index (Phi) is 5.18.